The molecule has 0 radical (unpaired) electrons. The molecule has 31 heavy (non-hydrogen) atoms. The lowest BCUT2D eigenvalue weighted by molar-refractivity contribution is 0.101. The van der Waals surface area contributed by atoms with Crippen LogP contribution in [0.5, 0.6) is 0 Å². The number of nitrogens with zero attached hydrogens (tertiary/aromatic N) is 2. The molecule has 0 aliphatic carbocycles. The van der Waals surface area contributed by atoms with E-state index < -0.39 is 21.7 Å². The first kappa shape index (κ1) is 21.8. The molecular formula is C22H28N4O4S. The third kappa shape index (κ3) is 4.31. The number of nitrogens with one attached hydrogen (secondary N) is 2. The Morgan fingerprint density at radius 2 is 2.00 bits per heavy atom. The zero-order chi connectivity index (χ0) is 22.2. The third-order valence-corrected chi connectivity index (χ3v) is 7.56. The molecule has 2 aliphatic heterocycles. The molecule has 0 fully saturated rings. The predicted molar refractivity (Wildman–Crippen MR) is 120 cm³/mol. The third-order valence-electron chi connectivity index (χ3n) is 5.77. The minimum Gasteiger partial charge on any atom is -0.394 e. The molecule has 4 N–H and O–H groups in total. The number of sulfone groups is 1. The second kappa shape index (κ2) is 8.23. The molecule has 4 rings (SSSR count). The first-order valence-electron chi connectivity index (χ1n) is 10.3. The van der Waals surface area contributed by atoms with Gasteiger partial charge in [-0.15, -0.1) is 0 Å². The molecule has 2 unspecified atom stereocenters. The lowest BCUT2D eigenvalue weighted by Gasteiger charge is -2.46. The molecule has 2 atom stereocenters. The minimum atomic E-state index is -3.37. The number of aliphatic imine (C=N–C) groups is 1. The van der Waals surface area contributed by atoms with Gasteiger partial charge in [0.1, 0.15) is 5.84 Å². The second-order valence-corrected chi connectivity index (χ2v) is 10.3. The van der Waals surface area contributed by atoms with E-state index in [1.807, 2.05) is 44.2 Å². The number of aliphatic hydroxyl groups excluding tert-OH is 2. The zero-order valence-electron chi connectivity index (χ0n) is 17.7. The van der Waals surface area contributed by atoms with Gasteiger partial charge < -0.3 is 20.8 Å². The van der Waals surface area contributed by atoms with E-state index in [-0.39, 0.29) is 18.9 Å². The molecule has 2 aromatic rings. The summed E-state index contributed by atoms with van der Waals surface area (Å²) >= 11 is 0. The predicted octanol–water partition coefficient (Wildman–Crippen LogP) is 1.07. The van der Waals surface area contributed by atoms with Crippen LogP contribution in [0.3, 0.4) is 0 Å². The molecule has 0 amide bonds. The normalized spacial score (nSPS) is 25.0. The topological polar surface area (TPSA) is 114 Å². The van der Waals surface area contributed by atoms with Gasteiger partial charge in [0.15, 0.2) is 15.6 Å². The molecule has 9 heteroatoms. The smallest absolute Gasteiger partial charge is 0.179 e. The summed E-state index contributed by atoms with van der Waals surface area (Å²) in [6.45, 7) is 4.41. The van der Waals surface area contributed by atoms with Gasteiger partial charge in [-0.05, 0) is 37.6 Å². The number of aryl methyl sites for hydroxylation is 1. The van der Waals surface area contributed by atoms with E-state index in [1.165, 1.54) is 0 Å². The summed E-state index contributed by atoms with van der Waals surface area (Å²) in [4.78, 5) is 6.97. The van der Waals surface area contributed by atoms with Crippen LogP contribution in [-0.2, 0) is 16.4 Å². The summed E-state index contributed by atoms with van der Waals surface area (Å²) in [6.07, 6.45) is -0.945. The largest absolute Gasteiger partial charge is 0.394 e. The van der Waals surface area contributed by atoms with E-state index in [0.29, 0.717) is 23.8 Å². The van der Waals surface area contributed by atoms with Crippen molar-refractivity contribution in [1.29, 1.82) is 0 Å². The van der Waals surface area contributed by atoms with Crippen molar-refractivity contribution in [2.75, 3.05) is 30.8 Å². The van der Waals surface area contributed by atoms with Crippen LogP contribution in [0.25, 0.3) is 0 Å². The lowest BCUT2D eigenvalue weighted by atomic mass is 10.0. The van der Waals surface area contributed by atoms with Crippen molar-refractivity contribution in [3.63, 3.8) is 0 Å². The van der Waals surface area contributed by atoms with E-state index in [0.717, 1.165) is 22.4 Å². The first-order valence-corrected chi connectivity index (χ1v) is 11.9. The quantitative estimate of drug-likeness (QED) is 0.558. The standard InChI is InChI=1S/C22H28N4O4S/c1-15-7-8-19-18(11-15)21(23-12-17(28)14-27)25-22(2,24-19)26-9-10-31(29,30)20-6-4-3-5-16(20)13-26/h3-8,11,17,24,27-28H,9-10,12-14H2,1-2H3,(H,23,25). The van der Waals surface area contributed by atoms with Crippen LogP contribution < -0.4 is 10.6 Å². The van der Waals surface area contributed by atoms with E-state index in [1.54, 1.807) is 12.1 Å². The molecule has 0 aromatic heterocycles. The number of aliphatic hydroxyl groups is 2. The number of hydrogen-bond donors (Lipinski definition) is 4. The van der Waals surface area contributed by atoms with Gasteiger partial charge in [-0.25, -0.2) is 8.42 Å². The highest BCUT2D eigenvalue weighted by Gasteiger charge is 2.40. The molecule has 2 aromatic carbocycles. The highest BCUT2D eigenvalue weighted by atomic mass is 32.2. The second-order valence-electron chi connectivity index (χ2n) is 8.25. The summed E-state index contributed by atoms with van der Waals surface area (Å²) in [6, 6.07) is 13.1. The maximum atomic E-state index is 12.8. The number of hydrogen-bond acceptors (Lipinski definition) is 7. The fourth-order valence-electron chi connectivity index (χ4n) is 4.04. The monoisotopic (exact) mass is 444 g/mol. The van der Waals surface area contributed by atoms with Crippen molar-refractivity contribution in [3.8, 4) is 0 Å². The Morgan fingerprint density at radius 1 is 1.23 bits per heavy atom. The molecule has 0 bridgehead atoms. The lowest BCUT2D eigenvalue weighted by Crippen LogP contribution is -2.66. The molecule has 2 aliphatic rings. The van der Waals surface area contributed by atoms with Crippen LogP contribution in [0.4, 0.5) is 5.69 Å². The van der Waals surface area contributed by atoms with Crippen LogP contribution in [-0.4, -0.2) is 66.7 Å². The van der Waals surface area contributed by atoms with Gasteiger partial charge in [-0.3, -0.25) is 9.89 Å². The van der Waals surface area contributed by atoms with Gasteiger partial charge in [0.2, 0.25) is 0 Å². The maximum Gasteiger partial charge on any atom is 0.179 e. The van der Waals surface area contributed by atoms with Gasteiger partial charge in [0, 0.05) is 24.3 Å². The average molecular weight is 445 g/mol. The van der Waals surface area contributed by atoms with Crippen molar-refractivity contribution in [3.05, 3.63) is 59.2 Å². The van der Waals surface area contributed by atoms with Crippen LogP contribution in [0, 0.1) is 6.92 Å². The Morgan fingerprint density at radius 3 is 2.77 bits per heavy atom. The summed E-state index contributed by atoms with van der Waals surface area (Å²) < 4.78 is 25.6. The number of benzene rings is 2. The van der Waals surface area contributed by atoms with Crippen LogP contribution >= 0.6 is 0 Å². The molecule has 166 valence electrons. The van der Waals surface area contributed by atoms with Crippen molar-refractivity contribution in [2.24, 2.45) is 4.99 Å². The van der Waals surface area contributed by atoms with Crippen molar-refractivity contribution >= 4 is 21.4 Å². The zero-order valence-corrected chi connectivity index (χ0v) is 18.5. The Bertz CT molecular complexity index is 1120. The van der Waals surface area contributed by atoms with E-state index in [4.69, 9.17) is 5.11 Å². The number of amidine groups is 1. The van der Waals surface area contributed by atoms with E-state index in [2.05, 4.69) is 20.5 Å². The minimum absolute atomic E-state index is 0.0133. The number of anilines is 1. The first-order chi connectivity index (χ1) is 14.7. The summed E-state index contributed by atoms with van der Waals surface area (Å²) in [5.74, 6) is -0.203. The number of fused-ring (bicyclic) bond motifs is 2. The van der Waals surface area contributed by atoms with Crippen LogP contribution in [0.2, 0.25) is 0 Å². The average Bonchev–Trinajstić information content (AvgIpc) is 2.88. The summed E-state index contributed by atoms with van der Waals surface area (Å²) in [5.41, 5.74) is 3.56. The van der Waals surface area contributed by atoms with E-state index >= 15 is 0 Å². The molecular weight excluding hydrogens is 416 g/mol. The Kier molecular flexibility index (Phi) is 5.78. The Hall–Kier alpha value is -2.46. The molecule has 0 saturated heterocycles. The van der Waals surface area contributed by atoms with Gasteiger partial charge in [0.05, 0.1) is 29.9 Å². The van der Waals surface area contributed by atoms with Crippen molar-refractivity contribution in [1.82, 2.24) is 10.2 Å². The van der Waals surface area contributed by atoms with Gasteiger partial charge >= 0.3 is 0 Å². The van der Waals surface area contributed by atoms with Gasteiger partial charge in [-0.2, -0.15) is 0 Å². The highest BCUT2D eigenvalue weighted by molar-refractivity contribution is 7.91. The Labute approximate surface area is 182 Å². The van der Waals surface area contributed by atoms with Gasteiger partial charge in [-0.1, -0.05) is 29.8 Å². The maximum absolute atomic E-state index is 12.8. The molecule has 0 spiro atoms. The molecule has 0 saturated carbocycles. The fraction of sp³-hybridized carbons (Fsp3) is 0.409. The van der Waals surface area contributed by atoms with Crippen molar-refractivity contribution in [2.45, 2.75) is 37.2 Å². The van der Waals surface area contributed by atoms with Crippen LogP contribution in [0.15, 0.2) is 52.4 Å². The van der Waals surface area contributed by atoms with Gasteiger partial charge in [0.25, 0.3) is 0 Å². The SMILES string of the molecule is Cc1ccc2c(c1)C(=NCC(O)CO)NC(C)(N1CCS(=O)(=O)c3ccccc3C1)N2. The van der Waals surface area contributed by atoms with E-state index in [9.17, 15) is 13.5 Å². The van der Waals surface area contributed by atoms with Crippen molar-refractivity contribution < 1.29 is 18.6 Å². The fourth-order valence-corrected chi connectivity index (χ4v) is 5.53. The van der Waals surface area contributed by atoms with Crippen LogP contribution in [0.1, 0.15) is 23.6 Å². The Balaban J connectivity index is 1.72. The highest BCUT2D eigenvalue weighted by Crippen LogP contribution is 2.31. The summed E-state index contributed by atoms with van der Waals surface area (Å²) in [7, 11) is -3.37. The number of rotatable bonds is 4. The molecule has 2 heterocycles. The molecule has 8 nitrogen and oxygen atoms in total. The summed E-state index contributed by atoms with van der Waals surface area (Å²) in [5, 5.41) is 25.9.